The number of nitrogens with zero attached hydrogens (tertiary/aromatic N) is 7. The Bertz CT molecular complexity index is 891. The van der Waals surface area contributed by atoms with Crippen molar-refractivity contribution in [3.05, 3.63) is 18.2 Å². The van der Waals surface area contributed by atoms with Crippen LogP contribution in [0.4, 0.5) is 11.8 Å². The number of aromatic amines is 2. The lowest BCUT2D eigenvalue weighted by molar-refractivity contribution is 0.0668. The van der Waals surface area contributed by atoms with Gasteiger partial charge in [0, 0.05) is 26.2 Å². The van der Waals surface area contributed by atoms with Crippen LogP contribution in [-0.4, -0.2) is 83.5 Å². The summed E-state index contributed by atoms with van der Waals surface area (Å²) >= 11 is 0. The standard InChI is InChI=1S/C13H16N10O2/c14-13-18-10-9(15-6-16-10)11(19-13)22-1-2-23(5-7(24)4-22)12(25)8-3-17-21-20-8/h3,6-7,24H,1-2,4-5H2,(H,17,20,21)(H3,14,15,16,18,19). The van der Waals surface area contributed by atoms with Crippen LogP contribution in [0.5, 0.6) is 0 Å². The van der Waals surface area contributed by atoms with Crippen molar-refractivity contribution in [2.75, 3.05) is 36.8 Å². The van der Waals surface area contributed by atoms with Crippen LogP contribution < -0.4 is 10.6 Å². The van der Waals surface area contributed by atoms with Gasteiger partial charge in [0.2, 0.25) is 5.95 Å². The molecule has 12 heteroatoms. The number of fused-ring (bicyclic) bond motifs is 1. The second-order valence-corrected chi connectivity index (χ2v) is 5.71. The Morgan fingerprint density at radius 3 is 3.00 bits per heavy atom. The van der Waals surface area contributed by atoms with E-state index in [2.05, 4.69) is 35.3 Å². The Balaban J connectivity index is 1.60. The van der Waals surface area contributed by atoms with Crippen molar-refractivity contribution in [2.24, 2.45) is 0 Å². The highest BCUT2D eigenvalue weighted by Crippen LogP contribution is 2.23. The van der Waals surface area contributed by atoms with Gasteiger partial charge >= 0.3 is 0 Å². The average Bonchev–Trinajstić information content (AvgIpc) is 3.23. The normalized spacial score (nSPS) is 18.5. The molecule has 130 valence electrons. The number of amides is 1. The van der Waals surface area contributed by atoms with Gasteiger partial charge in [0.05, 0.1) is 18.6 Å². The summed E-state index contributed by atoms with van der Waals surface area (Å²) in [5.41, 5.74) is 7.06. The zero-order chi connectivity index (χ0) is 17.4. The maximum atomic E-state index is 12.4. The first kappa shape index (κ1) is 15.3. The number of β-amino-alcohol motifs (C(OH)–C–C–N with tert-alkyl or cyclic N) is 1. The molecule has 0 radical (unpaired) electrons. The first-order chi connectivity index (χ1) is 12.1. The zero-order valence-corrected chi connectivity index (χ0v) is 13.1. The number of hydrogen-bond acceptors (Lipinski definition) is 9. The summed E-state index contributed by atoms with van der Waals surface area (Å²) in [7, 11) is 0. The maximum Gasteiger partial charge on any atom is 0.276 e. The molecule has 4 heterocycles. The van der Waals surface area contributed by atoms with Crippen molar-refractivity contribution in [2.45, 2.75) is 6.10 Å². The number of aromatic nitrogens is 7. The van der Waals surface area contributed by atoms with Crippen LogP contribution in [0.1, 0.15) is 10.5 Å². The second kappa shape index (κ2) is 5.98. The number of nitrogens with two attached hydrogens (primary N) is 1. The molecule has 0 bridgehead atoms. The van der Waals surface area contributed by atoms with Crippen molar-refractivity contribution < 1.29 is 9.90 Å². The third kappa shape index (κ3) is 2.82. The molecule has 4 rings (SSSR count). The highest BCUT2D eigenvalue weighted by Gasteiger charge is 2.28. The number of imidazole rings is 1. The monoisotopic (exact) mass is 344 g/mol. The van der Waals surface area contributed by atoms with E-state index in [1.165, 1.54) is 17.4 Å². The Labute approximate surface area is 141 Å². The summed E-state index contributed by atoms with van der Waals surface area (Å²) in [6, 6.07) is 0. The molecule has 3 aromatic rings. The van der Waals surface area contributed by atoms with Gasteiger partial charge in [-0.3, -0.25) is 4.79 Å². The van der Waals surface area contributed by atoms with Crippen molar-refractivity contribution in [3.63, 3.8) is 0 Å². The van der Waals surface area contributed by atoms with E-state index in [1.54, 1.807) is 0 Å². The number of carbonyl (C=O) groups is 1. The highest BCUT2D eigenvalue weighted by atomic mass is 16.3. The fourth-order valence-electron chi connectivity index (χ4n) is 2.90. The van der Waals surface area contributed by atoms with E-state index < -0.39 is 6.10 Å². The van der Waals surface area contributed by atoms with Crippen LogP contribution in [-0.2, 0) is 0 Å². The van der Waals surface area contributed by atoms with Crippen molar-refractivity contribution in [3.8, 4) is 0 Å². The number of carbonyl (C=O) groups excluding carboxylic acids is 1. The lowest BCUT2D eigenvalue weighted by atomic mass is 10.3. The van der Waals surface area contributed by atoms with Gasteiger partial charge in [0.1, 0.15) is 5.52 Å². The van der Waals surface area contributed by atoms with E-state index >= 15 is 0 Å². The molecule has 0 aromatic carbocycles. The topological polar surface area (TPSA) is 166 Å². The van der Waals surface area contributed by atoms with E-state index in [0.717, 1.165) is 0 Å². The minimum absolute atomic E-state index is 0.101. The molecule has 0 saturated carbocycles. The number of nitrogens with one attached hydrogen (secondary N) is 2. The van der Waals surface area contributed by atoms with Crippen LogP contribution in [0.15, 0.2) is 12.5 Å². The Morgan fingerprint density at radius 1 is 1.32 bits per heavy atom. The molecule has 0 spiro atoms. The van der Waals surface area contributed by atoms with E-state index in [4.69, 9.17) is 5.73 Å². The highest BCUT2D eigenvalue weighted by molar-refractivity contribution is 5.92. The molecule has 25 heavy (non-hydrogen) atoms. The first-order valence-electron chi connectivity index (χ1n) is 7.66. The molecule has 1 unspecified atom stereocenters. The molecule has 1 atom stereocenters. The Kier molecular flexibility index (Phi) is 3.65. The predicted octanol–water partition coefficient (Wildman–Crippen LogP) is -1.62. The van der Waals surface area contributed by atoms with Gasteiger partial charge in [-0.25, -0.2) is 4.98 Å². The number of nitrogen functional groups attached to an aromatic ring is 1. The molecular weight excluding hydrogens is 328 g/mol. The smallest absolute Gasteiger partial charge is 0.276 e. The number of rotatable bonds is 2. The van der Waals surface area contributed by atoms with Gasteiger partial charge in [0.25, 0.3) is 5.91 Å². The molecule has 1 aliphatic rings. The van der Waals surface area contributed by atoms with Crippen molar-refractivity contribution in [1.29, 1.82) is 0 Å². The van der Waals surface area contributed by atoms with E-state index in [1.807, 2.05) is 4.90 Å². The first-order valence-corrected chi connectivity index (χ1v) is 7.66. The van der Waals surface area contributed by atoms with Crippen molar-refractivity contribution in [1.82, 2.24) is 40.2 Å². The van der Waals surface area contributed by atoms with Gasteiger partial charge in [-0.05, 0) is 0 Å². The lowest BCUT2D eigenvalue weighted by Crippen LogP contribution is -2.37. The van der Waals surface area contributed by atoms with Crippen molar-refractivity contribution >= 4 is 28.8 Å². The van der Waals surface area contributed by atoms with E-state index in [9.17, 15) is 9.90 Å². The second-order valence-electron chi connectivity index (χ2n) is 5.71. The van der Waals surface area contributed by atoms with E-state index in [0.29, 0.717) is 36.6 Å². The van der Waals surface area contributed by atoms with Crippen LogP contribution >= 0.6 is 0 Å². The molecule has 1 amide bonds. The zero-order valence-electron chi connectivity index (χ0n) is 13.1. The van der Waals surface area contributed by atoms with Gasteiger partial charge in [-0.2, -0.15) is 25.4 Å². The van der Waals surface area contributed by atoms with Gasteiger partial charge < -0.3 is 25.6 Å². The largest absolute Gasteiger partial charge is 0.389 e. The maximum absolute atomic E-state index is 12.4. The van der Waals surface area contributed by atoms with Gasteiger partial charge in [-0.1, -0.05) is 0 Å². The molecule has 1 aliphatic heterocycles. The van der Waals surface area contributed by atoms with Gasteiger partial charge in [-0.15, -0.1) is 0 Å². The molecular formula is C13H16N10O2. The lowest BCUT2D eigenvalue weighted by Gasteiger charge is -2.23. The predicted molar refractivity (Wildman–Crippen MR) is 86.6 cm³/mol. The SMILES string of the molecule is Nc1nc(N2CCN(C(=O)c3cn[nH]n3)CC(O)C2)c2[nH]cnc2n1. The fourth-order valence-corrected chi connectivity index (χ4v) is 2.90. The van der Waals surface area contributed by atoms with Gasteiger partial charge in [0.15, 0.2) is 17.2 Å². The molecule has 12 nitrogen and oxygen atoms in total. The number of hydrogen-bond donors (Lipinski definition) is 4. The molecule has 3 aromatic heterocycles. The molecule has 5 N–H and O–H groups in total. The summed E-state index contributed by atoms with van der Waals surface area (Å²) in [6.07, 6.45) is 2.11. The average molecular weight is 344 g/mol. The molecule has 1 fully saturated rings. The number of aliphatic hydroxyl groups is 1. The summed E-state index contributed by atoms with van der Waals surface area (Å²) in [6.45, 7) is 1.34. The minimum atomic E-state index is -0.757. The molecule has 0 aliphatic carbocycles. The van der Waals surface area contributed by atoms with Crippen LogP contribution in [0.3, 0.4) is 0 Å². The number of aliphatic hydroxyl groups excluding tert-OH is 1. The molecule has 1 saturated heterocycles. The van der Waals surface area contributed by atoms with Crippen LogP contribution in [0, 0.1) is 0 Å². The Morgan fingerprint density at radius 2 is 2.20 bits per heavy atom. The summed E-state index contributed by atoms with van der Waals surface area (Å²) < 4.78 is 0. The number of anilines is 2. The van der Waals surface area contributed by atoms with Crippen LogP contribution in [0.25, 0.3) is 11.2 Å². The third-order valence-electron chi connectivity index (χ3n) is 4.01. The fraction of sp³-hybridized carbons (Fsp3) is 0.385. The summed E-state index contributed by atoms with van der Waals surface area (Å²) in [5.74, 6) is 0.363. The summed E-state index contributed by atoms with van der Waals surface area (Å²) in [4.78, 5) is 31.3. The minimum Gasteiger partial charge on any atom is -0.389 e. The Hall–Kier alpha value is -3.28. The van der Waals surface area contributed by atoms with Crippen LogP contribution in [0.2, 0.25) is 0 Å². The number of H-pyrrole nitrogens is 2. The quantitative estimate of drug-likeness (QED) is 0.427. The third-order valence-corrected chi connectivity index (χ3v) is 4.01. The summed E-state index contributed by atoms with van der Waals surface area (Å²) in [5, 5.41) is 20.2. The van der Waals surface area contributed by atoms with E-state index in [-0.39, 0.29) is 24.1 Å².